The van der Waals surface area contributed by atoms with E-state index in [0.29, 0.717) is 0 Å². The van der Waals surface area contributed by atoms with E-state index in [-0.39, 0.29) is 5.60 Å². The van der Waals surface area contributed by atoms with Gasteiger partial charge < -0.3 is 4.74 Å². The number of hydrogen-bond donors (Lipinski definition) is 0. The maximum atomic E-state index is 6.28. The van der Waals surface area contributed by atoms with Crippen molar-refractivity contribution in [1.29, 1.82) is 0 Å². The van der Waals surface area contributed by atoms with Crippen LogP contribution in [-0.2, 0) is 11.3 Å². The minimum absolute atomic E-state index is 0.0543. The van der Waals surface area contributed by atoms with Gasteiger partial charge in [-0.25, -0.2) is 0 Å². The molecule has 1 saturated carbocycles. The minimum Gasteiger partial charge on any atom is -0.369 e. The van der Waals surface area contributed by atoms with E-state index in [1.165, 1.54) is 37.7 Å². The molecule has 0 unspecified atom stereocenters. The van der Waals surface area contributed by atoms with Crippen molar-refractivity contribution in [3.8, 4) is 0 Å². The summed E-state index contributed by atoms with van der Waals surface area (Å²) in [5.74, 6) is 0.906. The molecule has 0 aliphatic heterocycles. The van der Waals surface area contributed by atoms with Crippen molar-refractivity contribution in [3.05, 3.63) is 34.3 Å². The fourth-order valence-electron chi connectivity index (χ4n) is 2.75. The van der Waals surface area contributed by atoms with Crippen molar-refractivity contribution in [2.75, 3.05) is 5.33 Å². The molecular formula is C16H22Br2O. The Labute approximate surface area is 133 Å². The number of hydrogen-bond acceptors (Lipinski definition) is 1. The van der Waals surface area contributed by atoms with Crippen molar-refractivity contribution in [3.63, 3.8) is 0 Å². The minimum atomic E-state index is 0.0543. The molecule has 1 fully saturated rings. The van der Waals surface area contributed by atoms with Crippen LogP contribution in [0.2, 0.25) is 0 Å². The maximum absolute atomic E-state index is 6.28. The molecule has 2 rings (SSSR count). The van der Waals surface area contributed by atoms with Gasteiger partial charge in [-0.2, -0.15) is 0 Å². The van der Waals surface area contributed by atoms with Crippen LogP contribution in [0.15, 0.2) is 28.7 Å². The van der Waals surface area contributed by atoms with E-state index in [1.54, 1.807) is 0 Å². The molecule has 3 heteroatoms. The summed E-state index contributed by atoms with van der Waals surface area (Å²) in [4.78, 5) is 0. The summed E-state index contributed by atoms with van der Waals surface area (Å²) in [5, 5.41) is 0.951. The number of benzene rings is 1. The second kappa shape index (κ2) is 7.24. The predicted octanol–water partition coefficient (Wildman–Crippen LogP) is 5.70. The first-order valence-corrected chi connectivity index (χ1v) is 9.03. The third-order valence-corrected chi connectivity index (χ3v) is 5.85. The molecule has 0 aromatic heterocycles. The van der Waals surface area contributed by atoms with Gasteiger partial charge in [0.1, 0.15) is 0 Å². The second-order valence-corrected chi connectivity index (χ2v) is 7.06. The normalized spacial score (nSPS) is 27.4. The SMILES string of the molecule is CCC1CCC(CBr)(OCc2ccc(Br)cc2)CC1. The highest BCUT2D eigenvalue weighted by atomic mass is 79.9. The Bertz CT molecular complexity index is 380. The lowest BCUT2D eigenvalue weighted by Crippen LogP contribution is -2.38. The van der Waals surface area contributed by atoms with Gasteiger partial charge >= 0.3 is 0 Å². The van der Waals surface area contributed by atoms with Crippen LogP contribution in [0.25, 0.3) is 0 Å². The highest BCUT2D eigenvalue weighted by molar-refractivity contribution is 9.10. The van der Waals surface area contributed by atoms with Gasteiger partial charge in [-0.3, -0.25) is 0 Å². The topological polar surface area (TPSA) is 9.23 Å². The van der Waals surface area contributed by atoms with E-state index in [1.807, 2.05) is 0 Å². The van der Waals surface area contributed by atoms with Gasteiger partial charge in [0.05, 0.1) is 12.2 Å². The summed E-state index contributed by atoms with van der Waals surface area (Å²) < 4.78 is 7.40. The molecule has 19 heavy (non-hydrogen) atoms. The highest BCUT2D eigenvalue weighted by Crippen LogP contribution is 2.38. The van der Waals surface area contributed by atoms with Crippen LogP contribution < -0.4 is 0 Å². The zero-order valence-electron chi connectivity index (χ0n) is 11.5. The van der Waals surface area contributed by atoms with Gasteiger partial charge in [-0.05, 0) is 49.3 Å². The van der Waals surface area contributed by atoms with Crippen LogP contribution in [-0.4, -0.2) is 10.9 Å². The lowest BCUT2D eigenvalue weighted by Gasteiger charge is -2.39. The average Bonchev–Trinajstić information content (AvgIpc) is 2.47. The first-order valence-electron chi connectivity index (χ1n) is 7.12. The molecule has 1 aliphatic rings. The molecule has 0 saturated heterocycles. The number of ether oxygens (including phenoxy) is 1. The maximum Gasteiger partial charge on any atom is 0.0783 e. The van der Waals surface area contributed by atoms with Gasteiger partial charge in [0, 0.05) is 9.80 Å². The Balaban J connectivity index is 1.90. The molecule has 0 amide bonds. The van der Waals surface area contributed by atoms with E-state index in [2.05, 4.69) is 63.0 Å². The van der Waals surface area contributed by atoms with Gasteiger partial charge in [-0.15, -0.1) is 0 Å². The Morgan fingerprint density at radius 3 is 2.37 bits per heavy atom. The summed E-state index contributed by atoms with van der Waals surface area (Å²) >= 11 is 7.13. The van der Waals surface area contributed by atoms with Crippen molar-refractivity contribution >= 4 is 31.9 Å². The molecule has 0 radical (unpaired) electrons. The lowest BCUT2D eigenvalue weighted by atomic mass is 9.78. The summed E-state index contributed by atoms with van der Waals surface area (Å²) in [7, 11) is 0. The van der Waals surface area contributed by atoms with Gasteiger partial charge in [0.25, 0.3) is 0 Å². The van der Waals surface area contributed by atoms with Crippen LogP contribution in [0.5, 0.6) is 0 Å². The van der Waals surface area contributed by atoms with Crippen LogP contribution in [0, 0.1) is 5.92 Å². The fraction of sp³-hybridized carbons (Fsp3) is 0.625. The standard InChI is InChI=1S/C16H22Br2O/c1-2-13-7-9-16(12-17,10-8-13)19-11-14-3-5-15(18)6-4-14/h3-6,13H,2,7-12H2,1H3. The van der Waals surface area contributed by atoms with Crippen LogP contribution in [0.1, 0.15) is 44.6 Å². The zero-order valence-corrected chi connectivity index (χ0v) is 14.7. The Morgan fingerprint density at radius 1 is 1.21 bits per heavy atom. The van der Waals surface area contributed by atoms with Crippen molar-refractivity contribution in [2.45, 2.75) is 51.2 Å². The Hall–Kier alpha value is 0.140. The smallest absolute Gasteiger partial charge is 0.0783 e. The van der Waals surface area contributed by atoms with E-state index >= 15 is 0 Å². The highest BCUT2D eigenvalue weighted by Gasteiger charge is 2.34. The molecule has 0 bridgehead atoms. The number of rotatable bonds is 5. The summed E-state index contributed by atoms with van der Waals surface area (Å²) in [6.45, 7) is 3.02. The number of alkyl halides is 1. The van der Waals surface area contributed by atoms with Crippen LogP contribution in [0.4, 0.5) is 0 Å². The molecule has 0 atom stereocenters. The van der Waals surface area contributed by atoms with Crippen molar-refractivity contribution in [1.82, 2.24) is 0 Å². The molecule has 106 valence electrons. The van der Waals surface area contributed by atoms with E-state index < -0.39 is 0 Å². The van der Waals surface area contributed by atoms with Crippen molar-refractivity contribution < 1.29 is 4.74 Å². The molecule has 0 N–H and O–H groups in total. The summed E-state index contributed by atoms with van der Waals surface area (Å²) in [6, 6.07) is 8.41. The molecular weight excluding hydrogens is 368 g/mol. The van der Waals surface area contributed by atoms with Gasteiger partial charge in [0.15, 0.2) is 0 Å². The molecule has 0 heterocycles. The van der Waals surface area contributed by atoms with E-state index in [4.69, 9.17) is 4.74 Å². The lowest BCUT2D eigenvalue weighted by molar-refractivity contribution is -0.0702. The van der Waals surface area contributed by atoms with Gasteiger partial charge in [-0.1, -0.05) is 57.3 Å². The molecule has 1 aliphatic carbocycles. The third kappa shape index (κ3) is 4.30. The first-order chi connectivity index (χ1) is 9.17. The molecule has 0 spiro atoms. The monoisotopic (exact) mass is 388 g/mol. The zero-order chi connectivity index (χ0) is 13.7. The largest absolute Gasteiger partial charge is 0.369 e. The van der Waals surface area contributed by atoms with Crippen LogP contribution >= 0.6 is 31.9 Å². The number of halogens is 2. The second-order valence-electron chi connectivity index (χ2n) is 5.58. The van der Waals surface area contributed by atoms with Crippen molar-refractivity contribution in [2.24, 2.45) is 5.92 Å². The quantitative estimate of drug-likeness (QED) is 0.587. The van der Waals surface area contributed by atoms with E-state index in [9.17, 15) is 0 Å². The molecule has 1 nitrogen and oxygen atoms in total. The summed E-state index contributed by atoms with van der Waals surface area (Å²) in [6.07, 6.45) is 6.30. The Morgan fingerprint density at radius 2 is 1.84 bits per heavy atom. The van der Waals surface area contributed by atoms with E-state index in [0.717, 1.165) is 22.3 Å². The fourth-order valence-corrected chi connectivity index (χ4v) is 3.73. The average molecular weight is 390 g/mol. The first kappa shape index (κ1) is 15.5. The van der Waals surface area contributed by atoms with Gasteiger partial charge in [0.2, 0.25) is 0 Å². The van der Waals surface area contributed by atoms with Crippen LogP contribution in [0.3, 0.4) is 0 Å². The Kier molecular flexibility index (Phi) is 5.91. The third-order valence-electron chi connectivity index (χ3n) is 4.30. The molecule has 1 aromatic carbocycles. The summed E-state index contributed by atoms with van der Waals surface area (Å²) in [5.41, 5.74) is 1.31. The molecule has 1 aromatic rings. The predicted molar refractivity (Wildman–Crippen MR) is 87.7 cm³/mol.